The minimum absolute atomic E-state index is 0.0356. The molecule has 2 aromatic rings. The Hall–Kier alpha value is -3.60. The standard InChI is InChI=1S/C21H25N3O7S/c1-12(2)19(26)23-15-9-17(30-4)16(29-3)8-14(15)20(27)31-11-18(25)24-21(28)22-10-13-6-5-7-32-13/h5-9,12H,10-11H2,1-4H3,(H,23,26)(H2,22,24,25,28). The average Bonchev–Trinajstić information content (AvgIpc) is 3.29. The van der Waals surface area contributed by atoms with Crippen molar-refractivity contribution in [2.45, 2.75) is 20.4 Å². The van der Waals surface area contributed by atoms with Gasteiger partial charge in [-0.05, 0) is 11.4 Å². The fourth-order valence-electron chi connectivity index (χ4n) is 2.42. The Morgan fingerprint density at radius 2 is 1.75 bits per heavy atom. The SMILES string of the molecule is COc1cc(NC(=O)C(C)C)c(C(=O)OCC(=O)NC(=O)NCc2cccs2)cc1OC. The number of hydrogen-bond donors (Lipinski definition) is 3. The number of nitrogens with one attached hydrogen (secondary N) is 3. The summed E-state index contributed by atoms with van der Waals surface area (Å²) in [4.78, 5) is 49.4. The predicted octanol–water partition coefficient (Wildman–Crippen LogP) is 2.54. The lowest BCUT2D eigenvalue weighted by Gasteiger charge is -2.16. The zero-order chi connectivity index (χ0) is 23.7. The van der Waals surface area contributed by atoms with Gasteiger partial charge in [-0.3, -0.25) is 14.9 Å². The monoisotopic (exact) mass is 463 g/mol. The Balaban J connectivity index is 2.02. The Morgan fingerprint density at radius 3 is 2.34 bits per heavy atom. The van der Waals surface area contributed by atoms with Gasteiger partial charge in [0.2, 0.25) is 5.91 Å². The highest BCUT2D eigenvalue weighted by Crippen LogP contribution is 2.34. The number of amides is 4. The third-order valence-electron chi connectivity index (χ3n) is 4.12. The molecule has 0 aliphatic rings. The van der Waals surface area contributed by atoms with E-state index in [0.717, 1.165) is 4.88 Å². The van der Waals surface area contributed by atoms with Gasteiger partial charge < -0.3 is 24.8 Å². The highest BCUT2D eigenvalue weighted by Gasteiger charge is 2.21. The molecule has 0 saturated carbocycles. The van der Waals surface area contributed by atoms with E-state index in [-0.39, 0.29) is 35.4 Å². The van der Waals surface area contributed by atoms with E-state index in [2.05, 4.69) is 16.0 Å². The maximum absolute atomic E-state index is 12.6. The molecule has 0 atom stereocenters. The van der Waals surface area contributed by atoms with Crippen molar-refractivity contribution in [3.63, 3.8) is 0 Å². The smallest absolute Gasteiger partial charge is 0.340 e. The minimum Gasteiger partial charge on any atom is -0.493 e. The Morgan fingerprint density at radius 1 is 1.06 bits per heavy atom. The summed E-state index contributed by atoms with van der Waals surface area (Å²) in [5.74, 6) is -1.84. The van der Waals surface area contributed by atoms with Crippen LogP contribution in [0.3, 0.4) is 0 Å². The largest absolute Gasteiger partial charge is 0.493 e. The number of urea groups is 1. The second-order valence-electron chi connectivity index (χ2n) is 6.78. The summed E-state index contributed by atoms with van der Waals surface area (Å²) in [6.45, 7) is 2.96. The fraction of sp³-hybridized carbons (Fsp3) is 0.333. The number of ether oxygens (including phenoxy) is 3. The normalized spacial score (nSPS) is 10.3. The molecule has 0 saturated heterocycles. The third kappa shape index (κ3) is 6.98. The van der Waals surface area contributed by atoms with Gasteiger partial charge >= 0.3 is 12.0 Å². The summed E-state index contributed by atoms with van der Waals surface area (Å²) in [6, 6.07) is 5.73. The Kier molecular flexibility index (Phi) is 9.02. The van der Waals surface area contributed by atoms with Crippen LogP contribution in [-0.4, -0.2) is 44.6 Å². The topological polar surface area (TPSA) is 132 Å². The van der Waals surface area contributed by atoms with Gasteiger partial charge in [-0.15, -0.1) is 11.3 Å². The van der Waals surface area contributed by atoms with E-state index in [1.807, 2.05) is 17.5 Å². The molecule has 2 rings (SSSR count). The molecule has 3 N–H and O–H groups in total. The molecule has 1 aromatic heterocycles. The van der Waals surface area contributed by atoms with Crippen LogP contribution in [0.15, 0.2) is 29.6 Å². The van der Waals surface area contributed by atoms with Crippen LogP contribution in [0.2, 0.25) is 0 Å². The van der Waals surface area contributed by atoms with Crippen LogP contribution in [0.4, 0.5) is 10.5 Å². The molecule has 0 aliphatic heterocycles. The Labute approximate surface area is 189 Å². The van der Waals surface area contributed by atoms with Crippen LogP contribution in [0.5, 0.6) is 11.5 Å². The molecule has 0 spiro atoms. The second-order valence-corrected chi connectivity index (χ2v) is 7.82. The number of carbonyl (C=O) groups excluding carboxylic acids is 4. The zero-order valence-corrected chi connectivity index (χ0v) is 19.0. The van der Waals surface area contributed by atoms with Gasteiger partial charge in [0.15, 0.2) is 18.1 Å². The summed E-state index contributed by atoms with van der Waals surface area (Å²) >= 11 is 1.46. The summed E-state index contributed by atoms with van der Waals surface area (Å²) in [5, 5.41) is 9.10. The van der Waals surface area contributed by atoms with Crippen molar-refractivity contribution in [3.8, 4) is 11.5 Å². The highest BCUT2D eigenvalue weighted by molar-refractivity contribution is 7.09. The summed E-state index contributed by atoms with van der Waals surface area (Å²) in [5.41, 5.74) is 0.104. The number of carbonyl (C=O) groups is 4. The number of hydrogen-bond acceptors (Lipinski definition) is 8. The number of thiophene rings is 1. The van der Waals surface area contributed by atoms with E-state index >= 15 is 0 Å². The quantitative estimate of drug-likeness (QED) is 0.487. The van der Waals surface area contributed by atoms with Crippen molar-refractivity contribution in [1.82, 2.24) is 10.6 Å². The minimum atomic E-state index is -0.890. The first kappa shape index (κ1) is 24.7. The first-order valence-corrected chi connectivity index (χ1v) is 10.5. The maximum atomic E-state index is 12.6. The lowest BCUT2D eigenvalue weighted by atomic mass is 10.1. The fourth-order valence-corrected chi connectivity index (χ4v) is 3.07. The molecule has 0 bridgehead atoms. The van der Waals surface area contributed by atoms with Gasteiger partial charge in [0.05, 0.1) is 32.0 Å². The molecule has 1 heterocycles. The molecule has 1 aromatic carbocycles. The van der Waals surface area contributed by atoms with Gasteiger partial charge in [0.25, 0.3) is 5.91 Å². The summed E-state index contributed by atoms with van der Waals surface area (Å²) in [7, 11) is 2.80. The first-order chi connectivity index (χ1) is 15.2. The van der Waals surface area contributed by atoms with Crippen LogP contribution in [-0.2, 0) is 20.9 Å². The summed E-state index contributed by atoms with van der Waals surface area (Å²) < 4.78 is 15.4. The lowest BCUT2D eigenvalue weighted by molar-refractivity contribution is -0.123. The molecule has 0 fully saturated rings. The van der Waals surface area contributed by atoms with Crippen molar-refractivity contribution < 1.29 is 33.4 Å². The van der Waals surface area contributed by atoms with Crippen molar-refractivity contribution in [2.75, 3.05) is 26.1 Å². The number of imide groups is 1. The predicted molar refractivity (Wildman–Crippen MR) is 118 cm³/mol. The van der Waals surface area contributed by atoms with Crippen LogP contribution in [0.25, 0.3) is 0 Å². The van der Waals surface area contributed by atoms with E-state index in [4.69, 9.17) is 14.2 Å². The van der Waals surface area contributed by atoms with Crippen molar-refractivity contribution in [1.29, 1.82) is 0 Å². The molecule has 0 radical (unpaired) electrons. The second kappa shape index (κ2) is 11.7. The zero-order valence-electron chi connectivity index (χ0n) is 18.1. The average molecular weight is 464 g/mol. The van der Waals surface area contributed by atoms with Crippen molar-refractivity contribution >= 4 is 40.8 Å². The van der Waals surface area contributed by atoms with Gasteiger partial charge in [-0.2, -0.15) is 0 Å². The van der Waals surface area contributed by atoms with Gasteiger partial charge in [0.1, 0.15) is 0 Å². The van der Waals surface area contributed by atoms with Gasteiger partial charge in [0, 0.05) is 22.9 Å². The van der Waals surface area contributed by atoms with Crippen molar-refractivity contribution in [3.05, 3.63) is 40.1 Å². The van der Waals surface area contributed by atoms with Crippen LogP contribution in [0.1, 0.15) is 29.1 Å². The molecular weight excluding hydrogens is 438 g/mol. The van der Waals surface area contributed by atoms with Crippen LogP contribution >= 0.6 is 11.3 Å². The lowest BCUT2D eigenvalue weighted by Crippen LogP contribution is -2.41. The van der Waals surface area contributed by atoms with Gasteiger partial charge in [-0.1, -0.05) is 19.9 Å². The van der Waals surface area contributed by atoms with E-state index in [1.165, 1.54) is 37.7 Å². The molecule has 0 unspecified atom stereocenters. The van der Waals surface area contributed by atoms with E-state index in [0.29, 0.717) is 5.75 Å². The third-order valence-corrected chi connectivity index (χ3v) is 4.99. The molecule has 11 heteroatoms. The van der Waals surface area contributed by atoms with E-state index in [9.17, 15) is 19.2 Å². The molecule has 0 aliphatic carbocycles. The highest BCUT2D eigenvalue weighted by atomic mass is 32.1. The van der Waals surface area contributed by atoms with E-state index < -0.39 is 24.5 Å². The number of esters is 1. The Bertz CT molecular complexity index is 974. The first-order valence-electron chi connectivity index (χ1n) is 9.59. The van der Waals surface area contributed by atoms with Gasteiger partial charge in [-0.25, -0.2) is 9.59 Å². The molecular formula is C21H25N3O7S. The molecule has 172 valence electrons. The van der Waals surface area contributed by atoms with Crippen LogP contribution in [0, 0.1) is 5.92 Å². The number of methoxy groups -OCH3 is 2. The maximum Gasteiger partial charge on any atom is 0.340 e. The molecule has 10 nitrogen and oxygen atoms in total. The molecule has 4 amide bonds. The summed E-state index contributed by atoms with van der Waals surface area (Å²) in [6.07, 6.45) is 0. The van der Waals surface area contributed by atoms with Crippen LogP contribution < -0.4 is 25.4 Å². The van der Waals surface area contributed by atoms with Crippen molar-refractivity contribution in [2.24, 2.45) is 5.92 Å². The van der Waals surface area contributed by atoms with E-state index in [1.54, 1.807) is 13.8 Å². The number of rotatable bonds is 9. The molecule has 32 heavy (non-hydrogen) atoms. The number of anilines is 1. The number of benzene rings is 1.